The number of anilines is 1. The summed E-state index contributed by atoms with van der Waals surface area (Å²) in [5.74, 6) is -1.23. The number of hydrogen-bond acceptors (Lipinski definition) is 3. The fourth-order valence-corrected chi connectivity index (χ4v) is 6.07. The molecule has 1 unspecified atom stereocenters. The number of hydrogen-bond donors (Lipinski definition) is 2. The van der Waals surface area contributed by atoms with E-state index in [9.17, 15) is 9.59 Å². The van der Waals surface area contributed by atoms with Gasteiger partial charge >= 0.3 is 5.97 Å². The summed E-state index contributed by atoms with van der Waals surface area (Å²) in [6, 6.07) is 4.02. The maximum atomic E-state index is 12.1. The molecule has 0 radical (unpaired) electrons. The van der Waals surface area contributed by atoms with Crippen LogP contribution < -0.4 is 5.32 Å². The number of carbonyl (C=O) groups is 2. The number of nitrogens with zero attached hydrogens (tertiary/aromatic N) is 1. The summed E-state index contributed by atoms with van der Waals surface area (Å²) in [6.07, 6.45) is 0.612. The minimum Gasteiger partial charge on any atom is -0.481 e. The van der Waals surface area contributed by atoms with Crippen molar-refractivity contribution in [2.75, 3.05) is 25.0 Å². The van der Waals surface area contributed by atoms with E-state index in [2.05, 4.69) is 73.1 Å². The second-order valence-corrected chi connectivity index (χ2v) is 8.42. The predicted octanol–water partition coefficient (Wildman–Crippen LogP) is 2.85. The van der Waals surface area contributed by atoms with Gasteiger partial charge in [-0.1, -0.05) is 0 Å². The molecular weight excluding hydrogens is 613 g/mol. The molecule has 1 heterocycles. The number of likely N-dealkylation sites (tertiary alicyclic amines) is 1. The zero-order chi connectivity index (χ0) is 15.6. The summed E-state index contributed by atoms with van der Waals surface area (Å²) < 4.78 is 3.13. The number of aliphatic carboxylic acids is 1. The fourth-order valence-electron chi connectivity index (χ4n) is 2.22. The van der Waals surface area contributed by atoms with E-state index in [1.54, 1.807) is 0 Å². The van der Waals surface area contributed by atoms with Gasteiger partial charge in [-0.25, -0.2) is 0 Å². The Labute approximate surface area is 163 Å². The van der Waals surface area contributed by atoms with Gasteiger partial charge in [-0.15, -0.1) is 0 Å². The van der Waals surface area contributed by atoms with Crippen molar-refractivity contribution in [3.8, 4) is 0 Å². The van der Waals surface area contributed by atoms with E-state index in [4.69, 9.17) is 5.11 Å². The van der Waals surface area contributed by atoms with Crippen LogP contribution in [0.3, 0.4) is 0 Å². The van der Waals surface area contributed by atoms with Crippen molar-refractivity contribution >= 4 is 85.3 Å². The topological polar surface area (TPSA) is 69.6 Å². The summed E-state index contributed by atoms with van der Waals surface area (Å²) in [6.45, 7) is 1.34. The molecule has 1 aromatic rings. The Bertz CT molecular complexity index is 557. The number of carboxylic acid groups (broad SMARTS) is 1. The van der Waals surface area contributed by atoms with E-state index in [0.717, 1.165) is 16.4 Å². The molecule has 1 saturated heterocycles. The second-order valence-electron chi connectivity index (χ2n) is 4.85. The van der Waals surface area contributed by atoms with Crippen LogP contribution in [0.5, 0.6) is 0 Å². The molecule has 5 nitrogen and oxygen atoms in total. The average molecular weight is 626 g/mol. The molecule has 0 spiro atoms. The molecule has 0 aliphatic carbocycles. The summed E-state index contributed by atoms with van der Waals surface area (Å²) >= 11 is 6.66. The third-order valence-electron chi connectivity index (χ3n) is 3.26. The minimum atomic E-state index is -0.778. The molecule has 1 aliphatic heterocycles. The molecule has 1 fully saturated rings. The van der Waals surface area contributed by atoms with E-state index in [1.165, 1.54) is 0 Å². The zero-order valence-electron chi connectivity index (χ0n) is 10.9. The van der Waals surface area contributed by atoms with Gasteiger partial charge in [0.1, 0.15) is 0 Å². The highest BCUT2D eigenvalue weighted by Crippen LogP contribution is 2.27. The quantitative estimate of drug-likeness (QED) is 0.506. The van der Waals surface area contributed by atoms with Gasteiger partial charge in [-0.3, -0.25) is 14.5 Å². The summed E-state index contributed by atoms with van der Waals surface area (Å²) in [5, 5.41) is 11.9. The highest BCUT2D eigenvalue weighted by atomic mass is 127. The van der Waals surface area contributed by atoms with E-state index in [1.807, 2.05) is 17.0 Å². The van der Waals surface area contributed by atoms with Gasteiger partial charge in [0.25, 0.3) is 0 Å². The lowest BCUT2D eigenvalue weighted by Crippen LogP contribution is -2.32. The lowest BCUT2D eigenvalue weighted by Gasteiger charge is -2.16. The summed E-state index contributed by atoms with van der Waals surface area (Å²) in [4.78, 5) is 24.9. The second kappa shape index (κ2) is 7.73. The monoisotopic (exact) mass is 626 g/mol. The number of carbonyl (C=O) groups excluding carboxylic acids is 1. The zero-order valence-corrected chi connectivity index (χ0v) is 17.4. The number of rotatable bonds is 4. The Balaban J connectivity index is 1.96. The van der Waals surface area contributed by atoms with Crippen LogP contribution in [0.15, 0.2) is 12.1 Å². The Hall–Kier alpha value is 0.310. The third kappa shape index (κ3) is 4.89. The maximum absolute atomic E-state index is 12.1. The lowest BCUT2D eigenvalue weighted by atomic mass is 10.1. The van der Waals surface area contributed by atoms with Crippen molar-refractivity contribution in [2.24, 2.45) is 5.92 Å². The van der Waals surface area contributed by atoms with Gasteiger partial charge in [0.2, 0.25) is 5.91 Å². The molecule has 0 aromatic heterocycles. The third-order valence-corrected chi connectivity index (χ3v) is 5.58. The van der Waals surface area contributed by atoms with Crippen LogP contribution in [0, 0.1) is 16.6 Å². The Morgan fingerprint density at radius 2 is 1.90 bits per heavy atom. The summed E-state index contributed by atoms with van der Waals surface area (Å²) in [5.41, 5.74) is 0.829. The highest BCUT2D eigenvalue weighted by molar-refractivity contribution is 14.1. The number of carboxylic acids is 1. The van der Waals surface area contributed by atoms with Crippen molar-refractivity contribution < 1.29 is 14.7 Å². The molecular formula is C13H13I3N2O3. The molecule has 0 saturated carbocycles. The molecule has 8 heteroatoms. The first-order valence-corrected chi connectivity index (χ1v) is 9.50. The molecule has 2 rings (SSSR count). The standard InChI is InChI=1S/C13H13I3N2O3/c14-8-3-9(15)12(10(16)4-8)17-11(19)6-18-2-1-7(5-18)13(20)21/h3-4,7H,1-2,5-6H2,(H,17,19)(H,20,21). The van der Waals surface area contributed by atoms with Gasteiger partial charge in [0.15, 0.2) is 0 Å². The van der Waals surface area contributed by atoms with Crippen molar-refractivity contribution in [3.05, 3.63) is 22.8 Å². The number of halogens is 3. The largest absolute Gasteiger partial charge is 0.481 e. The summed E-state index contributed by atoms with van der Waals surface area (Å²) in [7, 11) is 0. The van der Waals surface area contributed by atoms with E-state index < -0.39 is 5.97 Å². The Kier molecular flexibility index (Phi) is 6.50. The number of benzene rings is 1. The van der Waals surface area contributed by atoms with Gasteiger partial charge in [0, 0.05) is 17.3 Å². The smallest absolute Gasteiger partial charge is 0.307 e. The van der Waals surface area contributed by atoms with Crippen LogP contribution >= 0.6 is 67.8 Å². The Morgan fingerprint density at radius 3 is 2.43 bits per heavy atom. The van der Waals surface area contributed by atoms with Crippen LogP contribution in [0.4, 0.5) is 5.69 Å². The predicted molar refractivity (Wildman–Crippen MR) is 105 cm³/mol. The van der Waals surface area contributed by atoms with Crippen LogP contribution in [-0.4, -0.2) is 41.5 Å². The number of nitrogens with one attached hydrogen (secondary N) is 1. The lowest BCUT2D eigenvalue weighted by molar-refractivity contribution is -0.141. The van der Waals surface area contributed by atoms with Crippen LogP contribution in [-0.2, 0) is 9.59 Å². The molecule has 114 valence electrons. The highest BCUT2D eigenvalue weighted by Gasteiger charge is 2.29. The van der Waals surface area contributed by atoms with Crippen molar-refractivity contribution in [1.29, 1.82) is 0 Å². The first-order chi connectivity index (χ1) is 9.86. The van der Waals surface area contributed by atoms with Crippen molar-refractivity contribution in [3.63, 3.8) is 0 Å². The first-order valence-electron chi connectivity index (χ1n) is 6.26. The van der Waals surface area contributed by atoms with Crippen LogP contribution in [0.2, 0.25) is 0 Å². The van der Waals surface area contributed by atoms with Crippen LogP contribution in [0.1, 0.15) is 6.42 Å². The number of amides is 1. The molecule has 21 heavy (non-hydrogen) atoms. The van der Waals surface area contributed by atoms with Gasteiger partial charge < -0.3 is 10.4 Å². The average Bonchev–Trinajstić information content (AvgIpc) is 2.82. The molecule has 1 atom stereocenters. The van der Waals surface area contributed by atoms with E-state index >= 15 is 0 Å². The SMILES string of the molecule is O=C(CN1CCC(C(=O)O)C1)Nc1c(I)cc(I)cc1I. The van der Waals surface area contributed by atoms with Crippen LogP contribution in [0.25, 0.3) is 0 Å². The first kappa shape index (κ1) is 17.7. The maximum Gasteiger partial charge on any atom is 0.307 e. The van der Waals surface area contributed by atoms with Crippen molar-refractivity contribution in [2.45, 2.75) is 6.42 Å². The van der Waals surface area contributed by atoms with Gasteiger partial charge in [0.05, 0.1) is 18.2 Å². The molecule has 2 N–H and O–H groups in total. The molecule has 1 amide bonds. The molecule has 0 bridgehead atoms. The fraction of sp³-hybridized carbons (Fsp3) is 0.385. The van der Waals surface area contributed by atoms with Gasteiger partial charge in [-0.05, 0) is 92.9 Å². The van der Waals surface area contributed by atoms with Crippen molar-refractivity contribution in [1.82, 2.24) is 4.90 Å². The molecule has 1 aromatic carbocycles. The minimum absolute atomic E-state index is 0.0990. The van der Waals surface area contributed by atoms with E-state index in [0.29, 0.717) is 19.5 Å². The normalized spacial score (nSPS) is 18.7. The van der Waals surface area contributed by atoms with E-state index in [-0.39, 0.29) is 18.4 Å². The molecule has 1 aliphatic rings. The Morgan fingerprint density at radius 1 is 1.29 bits per heavy atom. The van der Waals surface area contributed by atoms with Gasteiger partial charge in [-0.2, -0.15) is 0 Å².